The molecule has 1 aliphatic carbocycles. The monoisotopic (exact) mass is 388 g/mol. The van der Waals surface area contributed by atoms with E-state index in [1.54, 1.807) is 6.20 Å². The zero-order chi connectivity index (χ0) is 20.0. The van der Waals surface area contributed by atoms with Gasteiger partial charge < -0.3 is 5.32 Å². The lowest BCUT2D eigenvalue weighted by Gasteiger charge is -2.13. The maximum absolute atomic E-state index is 13.5. The molecule has 3 aromatic heterocycles. The van der Waals surface area contributed by atoms with E-state index in [0.717, 1.165) is 35.2 Å². The molecule has 1 saturated carbocycles. The number of hydrogen-bond acceptors (Lipinski definition) is 4. The molecule has 3 heterocycles. The largest absolute Gasteiger partial charge is 0.344 e. The van der Waals surface area contributed by atoms with Crippen molar-refractivity contribution >= 4 is 11.6 Å². The van der Waals surface area contributed by atoms with Crippen LogP contribution in [0, 0.1) is 6.92 Å². The number of aryl methyl sites for hydroxylation is 1. The van der Waals surface area contributed by atoms with Crippen molar-refractivity contribution in [3.63, 3.8) is 0 Å². The number of amides is 1. The molecule has 1 amide bonds. The van der Waals surface area contributed by atoms with Crippen molar-refractivity contribution in [3.05, 3.63) is 46.7 Å². The molecule has 1 aliphatic rings. The lowest BCUT2D eigenvalue weighted by atomic mass is 10.1. The van der Waals surface area contributed by atoms with Crippen molar-refractivity contribution in [2.45, 2.75) is 58.5 Å². The number of halogens is 2. The molecule has 0 aliphatic heterocycles. The summed E-state index contributed by atoms with van der Waals surface area (Å²) in [6, 6.07) is 2.57. The van der Waals surface area contributed by atoms with Gasteiger partial charge in [0.2, 0.25) is 0 Å². The molecule has 9 heteroatoms. The lowest BCUT2D eigenvalue weighted by Crippen LogP contribution is -2.27. The summed E-state index contributed by atoms with van der Waals surface area (Å²) in [4.78, 5) is 17.1. The summed E-state index contributed by atoms with van der Waals surface area (Å²) in [6.07, 6.45) is 0.942. The minimum Gasteiger partial charge on any atom is -0.344 e. The summed E-state index contributed by atoms with van der Waals surface area (Å²) in [6.45, 7) is 6.53. The zero-order valence-electron chi connectivity index (χ0n) is 16.0. The third-order valence-electron chi connectivity index (χ3n) is 5.18. The molecule has 1 unspecified atom stereocenters. The number of alkyl halides is 2. The standard InChI is InChI=1S/C19H22F2N6O/c1-4-26-11(3)13(9-22-26)10(2)23-19(28)15-8-17-24-14(12-5-6-12)7-16(18(20)21)27(17)25-15/h7-10,12,18H,4-6H2,1-3H3,(H,23,28). The molecule has 0 saturated heterocycles. The van der Waals surface area contributed by atoms with Gasteiger partial charge in [0.25, 0.3) is 12.3 Å². The van der Waals surface area contributed by atoms with E-state index in [1.165, 1.54) is 12.1 Å². The van der Waals surface area contributed by atoms with Crippen LogP contribution in [0.3, 0.4) is 0 Å². The Hall–Kier alpha value is -2.84. The van der Waals surface area contributed by atoms with Gasteiger partial charge in [-0.25, -0.2) is 18.3 Å². The van der Waals surface area contributed by atoms with E-state index in [0.29, 0.717) is 5.69 Å². The number of carbonyl (C=O) groups is 1. The molecule has 7 nitrogen and oxygen atoms in total. The Morgan fingerprint density at radius 3 is 2.71 bits per heavy atom. The molecule has 0 aromatic carbocycles. The highest BCUT2D eigenvalue weighted by Gasteiger charge is 2.28. The van der Waals surface area contributed by atoms with Crippen LogP contribution in [0.15, 0.2) is 18.3 Å². The number of carbonyl (C=O) groups excluding carboxylic acids is 1. The molecule has 1 N–H and O–H groups in total. The minimum atomic E-state index is -2.69. The van der Waals surface area contributed by atoms with Crippen LogP contribution < -0.4 is 5.32 Å². The Morgan fingerprint density at radius 1 is 1.36 bits per heavy atom. The highest BCUT2D eigenvalue weighted by molar-refractivity contribution is 5.93. The fourth-order valence-corrected chi connectivity index (χ4v) is 3.43. The number of aromatic nitrogens is 5. The number of fused-ring (bicyclic) bond motifs is 1. The van der Waals surface area contributed by atoms with Gasteiger partial charge in [0, 0.05) is 35.5 Å². The van der Waals surface area contributed by atoms with E-state index in [-0.39, 0.29) is 29.0 Å². The van der Waals surface area contributed by atoms with Crippen LogP contribution in [0.4, 0.5) is 8.78 Å². The van der Waals surface area contributed by atoms with Crippen molar-refractivity contribution in [1.82, 2.24) is 29.7 Å². The molecule has 1 fully saturated rings. The second-order valence-corrected chi connectivity index (χ2v) is 7.18. The SMILES string of the molecule is CCn1ncc(C(C)NC(=O)c2cc3nc(C4CC4)cc(C(F)F)n3n2)c1C. The van der Waals surface area contributed by atoms with Crippen LogP contribution in [0.2, 0.25) is 0 Å². The molecule has 0 spiro atoms. The fraction of sp³-hybridized carbons (Fsp3) is 0.474. The molecular formula is C19H22F2N6O. The summed E-state index contributed by atoms with van der Waals surface area (Å²) in [5.74, 6) is -0.206. The number of hydrogen-bond donors (Lipinski definition) is 1. The smallest absolute Gasteiger partial charge is 0.280 e. The molecular weight excluding hydrogens is 366 g/mol. The van der Waals surface area contributed by atoms with Crippen molar-refractivity contribution < 1.29 is 13.6 Å². The van der Waals surface area contributed by atoms with Crippen molar-refractivity contribution in [2.24, 2.45) is 0 Å². The third-order valence-corrected chi connectivity index (χ3v) is 5.18. The first-order valence-corrected chi connectivity index (χ1v) is 9.41. The molecule has 0 radical (unpaired) electrons. The van der Waals surface area contributed by atoms with Crippen molar-refractivity contribution in [3.8, 4) is 0 Å². The van der Waals surface area contributed by atoms with E-state index in [4.69, 9.17) is 0 Å². The van der Waals surface area contributed by atoms with Crippen LogP contribution in [0.5, 0.6) is 0 Å². The second-order valence-electron chi connectivity index (χ2n) is 7.18. The van der Waals surface area contributed by atoms with Gasteiger partial charge in [0.05, 0.1) is 12.2 Å². The zero-order valence-corrected chi connectivity index (χ0v) is 16.0. The summed E-state index contributed by atoms with van der Waals surface area (Å²) in [5, 5.41) is 11.2. The average Bonchev–Trinajstić information content (AvgIpc) is 3.31. The van der Waals surface area contributed by atoms with Gasteiger partial charge in [-0.2, -0.15) is 10.2 Å². The van der Waals surface area contributed by atoms with Crippen LogP contribution in [0.1, 0.15) is 78.2 Å². The first-order chi connectivity index (χ1) is 13.4. The van der Waals surface area contributed by atoms with Crippen LogP contribution >= 0.6 is 0 Å². The van der Waals surface area contributed by atoms with E-state index < -0.39 is 12.3 Å². The normalized spacial score (nSPS) is 15.4. The Kier molecular flexibility index (Phi) is 4.60. The van der Waals surface area contributed by atoms with Crippen LogP contribution in [-0.4, -0.2) is 30.3 Å². The molecule has 1 atom stereocenters. The Morgan fingerprint density at radius 2 is 2.11 bits per heavy atom. The maximum Gasteiger partial charge on any atom is 0.280 e. The predicted octanol–water partition coefficient (Wildman–Crippen LogP) is 3.56. The number of rotatable bonds is 6. The van der Waals surface area contributed by atoms with E-state index >= 15 is 0 Å². The highest BCUT2D eigenvalue weighted by Crippen LogP contribution is 2.40. The molecule has 4 rings (SSSR count). The summed E-state index contributed by atoms with van der Waals surface area (Å²) in [5.41, 5.74) is 2.62. The van der Waals surface area contributed by atoms with Gasteiger partial charge in [-0.3, -0.25) is 9.48 Å². The quantitative estimate of drug-likeness (QED) is 0.700. The predicted molar refractivity (Wildman–Crippen MR) is 98.4 cm³/mol. The first-order valence-electron chi connectivity index (χ1n) is 9.41. The van der Waals surface area contributed by atoms with Gasteiger partial charge in [-0.05, 0) is 39.7 Å². The van der Waals surface area contributed by atoms with Gasteiger partial charge >= 0.3 is 0 Å². The minimum absolute atomic E-state index is 0.0646. The van der Waals surface area contributed by atoms with Gasteiger partial charge in [0.15, 0.2) is 11.3 Å². The Balaban J connectivity index is 1.62. The van der Waals surface area contributed by atoms with Gasteiger partial charge in [-0.15, -0.1) is 0 Å². The molecule has 3 aromatic rings. The van der Waals surface area contributed by atoms with Gasteiger partial charge in [0.1, 0.15) is 5.69 Å². The second kappa shape index (κ2) is 6.96. The maximum atomic E-state index is 13.5. The molecule has 28 heavy (non-hydrogen) atoms. The van der Waals surface area contributed by atoms with Crippen LogP contribution in [0.25, 0.3) is 5.65 Å². The summed E-state index contributed by atoms with van der Waals surface area (Å²) >= 11 is 0. The van der Waals surface area contributed by atoms with E-state index in [9.17, 15) is 13.6 Å². The number of nitrogens with zero attached hydrogens (tertiary/aromatic N) is 5. The van der Waals surface area contributed by atoms with E-state index in [2.05, 4.69) is 20.5 Å². The lowest BCUT2D eigenvalue weighted by molar-refractivity contribution is 0.0933. The van der Waals surface area contributed by atoms with Crippen molar-refractivity contribution in [2.75, 3.05) is 0 Å². The first kappa shape index (κ1) is 18.5. The highest BCUT2D eigenvalue weighted by atomic mass is 19.3. The van der Waals surface area contributed by atoms with Gasteiger partial charge in [-0.1, -0.05) is 0 Å². The topological polar surface area (TPSA) is 77.1 Å². The fourth-order valence-electron chi connectivity index (χ4n) is 3.43. The number of nitrogens with one attached hydrogen (secondary N) is 1. The Bertz CT molecular complexity index is 1040. The Labute approximate surface area is 160 Å². The average molecular weight is 388 g/mol. The molecule has 0 bridgehead atoms. The summed E-state index contributed by atoms with van der Waals surface area (Å²) < 4.78 is 29.9. The van der Waals surface area contributed by atoms with Crippen molar-refractivity contribution in [1.29, 1.82) is 0 Å². The van der Waals surface area contributed by atoms with Crippen LogP contribution in [-0.2, 0) is 6.54 Å². The summed E-state index contributed by atoms with van der Waals surface area (Å²) in [7, 11) is 0. The van der Waals surface area contributed by atoms with E-state index in [1.807, 2.05) is 25.5 Å². The third kappa shape index (κ3) is 3.25. The molecule has 148 valence electrons.